The average molecular weight is 236 g/mol. The number of nitrogens with zero attached hydrogens (tertiary/aromatic N) is 3. The van der Waals surface area contributed by atoms with Crippen molar-refractivity contribution in [3.05, 3.63) is 48.5 Å². The Morgan fingerprint density at radius 1 is 1.11 bits per heavy atom. The van der Waals surface area contributed by atoms with Gasteiger partial charge in [-0.15, -0.1) is 0 Å². The number of nitrogens with two attached hydrogens (primary N) is 1. The van der Waals surface area contributed by atoms with Crippen molar-refractivity contribution < 1.29 is 0 Å². The number of hydrogen-bond acceptors (Lipinski definition) is 4. The Morgan fingerprint density at radius 2 is 2.00 bits per heavy atom. The van der Waals surface area contributed by atoms with Crippen molar-refractivity contribution in [2.24, 2.45) is 0 Å². The monoisotopic (exact) mass is 236 g/mol. The predicted octanol–water partition coefficient (Wildman–Crippen LogP) is 2.58. The highest BCUT2D eigenvalue weighted by Gasteiger charge is 2.06. The molecule has 0 radical (unpaired) electrons. The first-order valence-corrected chi connectivity index (χ1v) is 5.68. The highest BCUT2D eigenvalue weighted by atomic mass is 14.9. The second-order valence-electron chi connectivity index (χ2n) is 4.13. The molecule has 0 aliphatic carbocycles. The molecule has 4 nitrogen and oxygen atoms in total. The number of hydrogen-bond donors (Lipinski definition) is 1. The number of anilines is 1. The number of aryl methyl sites for hydroxylation is 1. The van der Waals surface area contributed by atoms with Gasteiger partial charge in [0.15, 0.2) is 0 Å². The van der Waals surface area contributed by atoms with Gasteiger partial charge in [-0.1, -0.05) is 18.2 Å². The molecule has 0 bridgehead atoms. The lowest BCUT2D eigenvalue weighted by molar-refractivity contribution is 1.07. The molecule has 4 heteroatoms. The lowest BCUT2D eigenvalue weighted by Crippen LogP contribution is -1.97. The summed E-state index contributed by atoms with van der Waals surface area (Å²) in [6, 6.07) is 9.85. The van der Waals surface area contributed by atoms with Gasteiger partial charge >= 0.3 is 0 Å². The first-order valence-electron chi connectivity index (χ1n) is 5.68. The summed E-state index contributed by atoms with van der Waals surface area (Å²) in [5.74, 6) is 1.16. The van der Waals surface area contributed by atoms with Crippen LogP contribution >= 0.6 is 0 Å². The summed E-state index contributed by atoms with van der Waals surface area (Å²) in [7, 11) is 0. The third-order valence-corrected chi connectivity index (χ3v) is 2.82. The van der Waals surface area contributed by atoms with Gasteiger partial charge in [-0.25, -0.2) is 9.97 Å². The maximum atomic E-state index is 5.77. The van der Waals surface area contributed by atoms with E-state index in [0.717, 1.165) is 22.0 Å². The Hall–Kier alpha value is -2.49. The number of nitrogen functional groups attached to an aromatic ring is 1. The van der Waals surface area contributed by atoms with Crippen LogP contribution in [0.15, 0.2) is 42.7 Å². The van der Waals surface area contributed by atoms with E-state index in [-0.39, 0.29) is 0 Å². The predicted molar refractivity (Wildman–Crippen MR) is 71.9 cm³/mol. The van der Waals surface area contributed by atoms with Crippen LogP contribution in [0.1, 0.15) is 5.82 Å². The molecular formula is C14H12N4. The van der Waals surface area contributed by atoms with Crippen LogP contribution in [0.3, 0.4) is 0 Å². The first-order chi connectivity index (χ1) is 8.74. The maximum Gasteiger partial charge on any atom is 0.128 e. The van der Waals surface area contributed by atoms with Gasteiger partial charge in [0.2, 0.25) is 0 Å². The Morgan fingerprint density at radius 3 is 2.83 bits per heavy atom. The number of aromatic nitrogens is 3. The largest absolute Gasteiger partial charge is 0.384 e. The van der Waals surface area contributed by atoms with E-state index in [0.29, 0.717) is 11.6 Å². The van der Waals surface area contributed by atoms with Crippen molar-refractivity contribution >= 4 is 16.6 Å². The average Bonchev–Trinajstić information content (AvgIpc) is 2.37. The van der Waals surface area contributed by atoms with Crippen molar-refractivity contribution in [1.29, 1.82) is 0 Å². The topological polar surface area (TPSA) is 64.7 Å². The van der Waals surface area contributed by atoms with Gasteiger partial charge in [0.05, 0.1) is 5.69 Å². The summed E-state index contributed by atoms with van der Waals surface area (Å²) < 4.78 is 0. The van der Waals surface area contributed by atoms with Gasteiger partial charge in [0.25, 0.3) is 0 Å². The van der Waals surface area contributed by atoms with Crippen molar-refractivity contribution in [2.45, 2.75) is 6.92 Å². The fourth-order valence-electron chi connectivity index (χ4n) is 2.07. The quantitative estimate of drug-likeness (QED) is 0.705. The minimum atomic E-state index is 0.485. The summed E-state index contributed by atoms with van der Waals surface area (Å²) in [6.45, 7) is 1.84. The zero-order chi connectivity index (χ0) is 12.5. The second kappa shape index (κ2) is 4.07. The molecule has 0 aliphatic heterocycles. The SMILES string of the molecule is Cc1nc(N)cc(-c2cccc3ccncc23)n1. The van der Waals surface area contributed by atoms with E-state index in [4.69, 9.17) is 5.73 Å². The van der Waals surface area contributed by atoms with E-state index in [1.165, 1.54) is 0 Å². The van der Waals surface area contributed by atoms with Gasteiger partial charge in [0, 0.05) is 29.4 Å². The summed E-state index contributed by atoms with van der Waals surface area (Å²) in [4.78, 5) is 12.7. The molecule has 3 aromatic rings. The summed E-state index contributed by atoms with van der Waals surface area (Å²) in [5, 5.41) is 2.20. The Labute approximate surface area is 105 Å². The molecule has 0 spiro atoms. The summed E-state index contributed by atoms with van der Waals surface area (Å²) >= 11 is 0. The third kappa shape index (κ3) is 1.78. The van der Waals surface area contributed by atoms with E-state index in [1.807, 2.05) is 31.3 Å². The minimum absolute atomic E-state index is 0.485. The number of rotatable bonds is 1. The van der Waals surface area contributed by atoms with Crippen LogP contribution in [-0.2, 0) is 0 Å². The maximum absolute atomic E-state index is 5.77. The molecule has 18 heavy (non-hydrogen) atoms. The fourth-order valence-corrected chi connectivity index (χ4v) is 2.07. The molecule has 0 aliphatic rings. The molecular weight excluding hydrogens is 224 g/mol. The minimum Gasteiger partial charge on any atom is -0.384 e. The van der Waals surface area contributed by atoms with Crippen LogP contribution in [0.4, 0.5) is 5.82 Å². The van der Waals surface area contributed by atoms with Gasteiger partial charge in [-0.05, 0) is 18.4 Å². The lowest BCUT2D eigenvalue weighted by Gasteiger charge is -2.07. The fraction of sp³-hybridized carbons (Fsp3) is 0.0714. The summed E-state index contributed by atoms with van der Waals surface area (Å²) in [6.07, 6.45) is 3.63. The van der Waals surface area contributed by atoms with Crippen molar-refractivity contribution in [3.8, 4) is 11.3 Å². The standard InChI is InChI=1S/C14H12N4/c1-9-17-13(7-14(15)18-9)11-4-2-3-10-5-6-16-8-12(10)11/h2-8H,1H3,(H2,15,17,18). The molecule has 0 atom stereocenters. The van der Waals surface area contributed by atoms with Crippen LogP contribution in [0.5, 0.6) is 0 Å². The molecule has 2 N–H and O–H groups in total. The molecule has 2 aromatic heterocycles. The Balaban J connectivity index is 2.31. The molecule has 3 rings (SSSR count). The van der Waals surface area contributed by atoms with Crippen LogP contribution in [0, 0.1) is 6.92 Å². The number of fused-ring (bicyclic) bond motifs is 1. The highest BCUT2D eigenvalue weighted by molar-refractivity contribution is 5.95. The van der Waals surface area contributed by atoms with Crippen LogP contribution in [0.2, 0.25) is 0 Å². The smallest absolute Gasteiger partial charge is 0.128 e. The first kappa shape index (κ1) is 10.7. The molecule has 0 saturated heterocycles. The zero-order valence-electron chi connectivity index (χ0n) is 9.96. The Bertz CT molecular complexity index is 696. The normalized spacial score (nSPS) is 10.7. The molecule has 88 valence electrons. The molecule has 0 fully saturated rings. The molecule has 0 unspecified atom stereocenters. The third-order valence-electron chi connectivity index (χ3n) is 2.82. The number of benzene rings is 1. The van der Waals surface area contributed by atoms with Crippen LogP contribution in [-0.4, -0.2) is 15.0 Å². The van der Waals surface area contributed by atoms with E-state index in [1.54, 1.807) is 12.3 Å². The van der Waals surface area contributed by atoms with Gasteiger partial charge in [-0.2, -0.15) is 0 Å². The molecule has 2 heterocycles. The van der Waals surface area contributed by atoms with E-state index >= 15 is 0 Å². The number of pyridine rings is 1. The molecule has 0 saturated carbocycles. The second-order valence-corrected chi connectivity index (χ2v) is 4.13. The van der Waals surface area contributed by atoms with Gasteiger partial charge in [0.1, 0.15) is 11.6 Å². The highest BCUT2D eigenvalue weighted by Crippen LogP contribution is 2.27. The van der Waals surface area contributed by atoms with Crippen molar-refractivity contribution in [3.63, 3.8) is 0 Å². The van der Waals surface area contributed by atoms with Crippen molar-refractivity contribution in [1.82, 2.24) is 15.0 Å². The molecule has 1 aromatic carbocycles. The molecule has 0 amide bonds. The van der Waals surface area contributed by atoms with Crippen molar-refractivity contribution in [2.75, 3.05) is 5.73 Å². The van der Waals surface area contributed by atoms with Crippen LogP contribution in [0.25, 0.3) is 22.0 Å². The van der Waals surface area contributed by atoms with Gasteiger partial charge in [-0.3, -0.25) is 4.98 Å². The zero-order valence-corrected chi connectivity index (χ0v) is 9.96. The van der Waals surface area contributed by atoms with E-state index in [2.05, 4.69) is 21.0 Å². The van der Waals surface area contributed by atoms with E-state index in [9.17, 15) is 0 Å². The Kier molecular flexibility index (Phi) is 2.41. The van der Waals surface area contributed by atoms with Gasteiger partial charge < -0.3 is 5.73 Å². The van der Waals surface area contributed by atoms with Crippen LogP contribution < -0.4 is 5.73 Å². The van der Waals surface area contributed by atoms with E-state index < -0.39 is 0 Å². The lowest BCUT2D eigenvalue weighted by atomic mass is 10.0. The summed E-state index contributed by atoms with van der Waals surface area (Å²) in [5.41, 5.74) is 7.63.